The quantitative estimate of drug-likeness (QED) is 0.608. The highest BCUT2D eigenvalue weighted by atomic mass is 16.5. The van der Waals surface area contributed by atoms with E-state index in [9.17, 15) is 9.59 Å². The molecule has 1 aromatic carbocycles. The number of nitrogens with one attached hydrogen (secondary N) is 2. The Morgan fingerprint density at radius 3 is 2.04 bits per heavy atom. The molecule has 6 heteroatoms. The number of benzene rings is 1. The van der Waals surface area contributed by atoms with Crippen molar-refractivity contribution in [2.75, 3.05) is 19.7 Å². The maximum atomic E-state index is 12.6. The summed E-state index contributed by atoms with van der Waals surface area (Å²) < 4.78 is 5.40. The Morgan fingerprint density at radius 1 is 1.00 bits per heavy atom. The molecular weight excluding hydrogens is 354 g/mol. The van der Waals surface area contributed by atoms with E-state index >= 15 is 0 Å². The van der Waals surface area contributed by atoms with Crippen LogP contribution in [0.5, 0.6) is 5.75 Å². The Balaban J connectivity index is 2.66. The highest BCUT2D eigenvalue weighted by molar-refractivity contribution is 5.97. The monoisotopic (exact) mass is 391 g/mol. The van der Waals surface area contributed by atoms with E-state index in [0.29, 0.717) is 30.8 Å². The number of hydrogen-bond donors (Lipinski definition) is 2. The molecule has 0 spiro atoms. The molecule has 0 fully saturated rings. The van der Waals surface area contributed by atoms with Crippen molar-refractivity contribution in [3.8, 4) is 5.75 Å². The molecule has 0 aliphatic carbocycles. The fourth-order valence-corrected chi connectivity index (χ4v) is 3.16. The van der Waals surface area contributed by atoms with Crippen LogP contribution in [0, 0.1) is 5.92 Å². The van der Waals surface area contributed by atoms with Gasteiger partial charge in [-0.2, -0.15) is 0 Å². The minimum atomic E-state index is -0.578. The van der Waals surface area contributed by atoms with Gasteiger partial charge >= 0.3 is 0 Å². The number of hydrogen-bond acceptors (Lipinski definition) is 4. The van der Waals surface area contributed by atoms with E-state index in [4.69, 9.17) is 4.74 Å². The maximum Gasteiger partial charge on any atom is 0.251 e. The third kappa shape index (κ3) is 7.50. The van der Waals surface area contributed by atoms with Crippen molar-refractivity contribution in [3.63, 3.8) is 0 Å². The summed E-state index contributed by atoms with van der Waals surface area (Å²) >= 11 is 0. The molecule has 28 heavy (non-hydrogen) atoms. The largest absolute Gasteiger partial charge is 0.494 e. The van der Waals surface area contributed by atoms with Crippen molar-refractivity contribution in [2.45, 2.75) is 66.6 Å². The van der Waals surface area contributed by atoms with Gasteiger partial charge in [0.05, 0.1) is 6.61 Å². The Bertz CT molecular complexity index is 604. The first-order chi connectivity index (χ1) is 13.2. The normalized spacial score (nSPS) is 12.5. The average molecular weight is 392 g/mol. The first kappa shape index (κ1) is 24.0. The predicted octanol–water partition coefficient (Wildman–Crippen LogP) is 3.07. The molecule has 1 unspecified atom stereocenters. The van der Waals surface area contributed by atoms with Gasteiger partial charge < -0.3 is 15.4 Å². The van der Waals surface area contributed by atoms with E-state index < -0.39 is 6.04 Å². The zero-order valence-electron chi connectivity index (χ0n) is 18.4. The van der Waals surface area contributed by atoms with Crippen molar-refractivity contribution in [1.29, 1.82) is 0 Å². The predicted molar refractivity (Wildman–Crippen MR) is 114 cm³/mol. The second-order valence-electron chi connectivity index (χ2n) is 7.87. The highest BCUT2D eigenvalue weighted by Crippen LogP contribution is 2.13. The highest BCUT2D eigenvalue weighted by Gasteiger charge is 2.25. The lowest BCUT2D eigenvalue weighted by molar-refractivity contribution is -0.124. The van der Waals surface area contributed by atoms with Gasteiger partial charge in [0.15, 0.2) is 0 Å². The number of nitrogens with zero attached hydrogens (tertiary/aromatic N) is 1. The smallest absolute Gasteiger partial charge is 0.251 e. The fourth-order valence-electron chi connectivity index (χ4n) is 3.16. The summed E-state index contributed by atoms with van der Waals surface area (Å²) in [6.45, 7) is 16.3. The van der Waals surface area contributed by atoms with Crippen molar-refractivity contribution in [3.05, 3.63) is 29.8 Å². The van der Waals surface area contributed by atoms with Crippen LogP contribution in [0.4, 0.5) is 0 Å². The van der Waals surface area contributed by atoms with Crippen LogP contribution < -0.4 is 15.4 Å². The third-order valence-corrected chi connectivity index (χ3v) is 4.66. The topological polar surface area (TPSA) is 70.7 Å². The van der Waals surface area contributed by atoms with Crippen molar-refractivity contribution in [1.82, 2.24) is 15.5 Å². The van der Waals surface area contributed by atoms with E-state index in [2.05, 4.69) is 43.2 Å². The van der Waals surface area contributed by atoms with Gasteiger partial charge in [-0.15, -0.1) is 0 Å². The number of carbonyl (C=O) groups excluding carboxylic acids is 2. The second kappa shape index (κ2) is 11.7. The number of ether oxygens (including phenoxy) is 1. The number of amides is 2. The standard InChI is InChI=1S/C22H37N3O3/c1-8-28-19-11-9-18(10-12-19)21(26)24-20(15(2)3)22(27)23-13-14-25(16(4)5)17(6)7/h9-12,15-17,20H,8,13-14H2,1-7H3,(H,23,27)(H,24,26). The van der Waals surface area contributed by atoms with Crippen LogP contribution in [0.1, 0.15) is 58.8 Å². The number of rotatable bonds is 11. The summed E-state index contributed by atoms with van der Waals surface area (Å²) in [7, 11) is 0. The van der Waals surface area contributed by atoms with E-state index in [1.165, 1.54) is 0 Å². The lowest BCUT2D eigenvalue weighted by Gasteiger charge is -2.31. The average Bonchev–Trinajstić information content (AvgIpc) is 2.62. The van der Waals surface area contributed by atoms with E-state index in [1.807, 2.05) is 20.8 Å². The summed E-state index contributed by atoms with van der Waals surface area (Å²) in [5.74, 6) is 0.291. The van der Waals surface area contributed by atoms with Gasteiger partial charge in [-0.1, -0.05) is 13.8 Å². The summed E-state index contributed by atoms with van der Waals surface area (Å²) in [4.78, 5) is 27.5. The van der Waals surface area contributed by atoms with Crippen LogP contribution in [0.25, 0.3) is 0 Å². The first-order valence-electron chi connectivity index (χ1n) is 10.2. The summed E-state index contributed by atoms with van der Waals surface area (Å²) in [6, 6.07) is 7.18. The molecular formula is C22H37N3O3. The second-order valence-corrected chi connectivity index (χ2v) is 7.87. The first-order valence-corrected chi connectivity index (χ1v) is 10.2. The van der Waals surface area contributed by atoms with Crippen LogP contribution in [0.2, 0.25) is 0 Å². The molecule has 0 radical (unpaired) electrons. The van der Waals surface area contributed by atoms with E-state index in [-0.39, 0.29) is 17.7 Å². The van der Waals surface area contributed by atoms with Crippen LogP contribution in [-0.2, 0) is 4.79 Å². The zero-order chi connectivity index (χ0) is 21.3. The van der Waals surface area contributed by atoms with E-state index in [1.54, 1.807) is 24.3 Å². The van der Waals surface area contributed by atoms with Gasteiger partial charge in [0.1, 0.15) is 11.8 Å². The van der Waals surface area contributed by atoms with E-state index in [0.717, 1.165) is 12.3 Å². The van der Waals surface area contributed by atoms with Crippen molar-refractivity contribution < 1.29 is 14.3 Å². The molecule has 0 bridgehead atoms. The molecule has 0 aliphatic heterocycles. The Labute approximate surface area is 170 Å². The molecule has 2 amide bonds. The SMILES string of the molecule is CCOc1ccc(C(=O)NC(C(=O)NCCN(C(C)C)C(C)C)C(C)C)cc1. The van der Waals surface area contributed by atoms with Gasteiger partial charge in [0, 0.05) is 30.7 Å². The molecule has 0 saturated heterocycles. The summed E-state index contributed by atoms with van der Waals surface area (Å²) in [5.41, 5.74) is 0.507. The molecule has 2 N–H and O–H groups in total. The zero-order valence-corrected chi connectivity index (χ0v) is 18.4. The maximum absolute atomic E-state index is 12.6. The van der Waals surface area contributed by atoms with Gasteiger partial charge in [0.25, 0.3) is 5.91 Å². The summed E-state index contributed by atoms with van der Waals surface area (Å²) in [6.07, 6.45) is 0. The van der Waals surface area contributed by atoms with Crippen LogP contribution >= 0.6 is 0 Å². The lowest BCUT2D eigenvalue weighted by Crippen LogP contribution is -2.51. The molecule has 6 nitrogen and oxygen atoms in total. The molecule has 1 aromatic rings. The third-order valence-electron chi connectivity index (χ3n) is 4.66. The molecule has 1 rings (SSSR count). The number of carbonyl (C=O) groups is 2. The van der Waals surface area contributed by atoms with Crippen LogP contribution in [0.15, 0.2) is 24.3 Å². The lowest BCUT2D eigenvalue weighted by atomic mass is 10.0. The van der Waals surface area contributed by atoms with Gasteiger partial charge in [-0.25, -0.2) is 0 Å². The van der Waals surface area contributed by atoms with Crippen molar-refractivity contribution in [2.24, 2.45) is 5.92 Å². The Hall–Kier alpha value is -2.08. The molecule has 0 heterocycles. The van der Waals surface area contributed by atoms with Crippen LogP contribution in [0.3, 0.4) is 0 Å². The minimum absolute atomic E-state index is 0.0158. The molecule has 0 aromatic heterocycles. The molecule has 0 saturated carbocycles. The van der Waals surface area contributed by atoms with Gasteiger partial charge in [-0.3, -0.25) is 14.5 Å². The van der Waals surface area contributed by atoms with Crippen LogP contribution in [-0.4, -0.2) is 54.5 Å². The van der Waals surface area contributed by atoms with Gasteiger partial charge in [-0.05, 0) is 64.8 Å². The van der Waals surface area contributed by atoms with Gasteiger partial charge in [0.2, 0.25) is 5.91 Å². The minimum Gasteiger partial charge on any atom is -0.494 e. The Morgan fingerprint density at radius 2 is 1.57 bits per heavy atom. The molecule has 0 aliphatic rings. The summed E-state index contributed by atoms with van der Waals surface area (Å²) in [5, 5.41) is 5.83. The Kier molecular flexibility index (Phi) is 10.0. The van der Waals surface area contributed by atoms with Crippen molar-refractivity contribution >= 4 is 11.8 Å². The molecule has 1 atom stereocenters. The molecule has 158 valence electrons. The fraction of sp³-hybridized carbons (Fsp3) is 0.636.